The second-order valence-corrected chi connectivity index (χ2v) is 2.60. The minimum Gasteiger partial charge on any atom is -0.289 e. The van der Waals surface area contributed by atoms with Crippen LogP contribution in [0.5, 0.6) is 0 Å². The molecule has 8 nitrogen and oxygen atoms in total. The second kappa shape index (κ2) is 7.96. The summed E-state index contributed by atoms with van der Waals surface area (Å²) >= 11 is 0. The number of hydrogen-bond donors (Lipinski definition) is 2. The van der Waals surface area contributed by atoms with Crippen LogP contribution in [0.15, 0.2) is 24.3 Å². The van der Waals surface area contributed by atoms with E-state index in [0.29, 0.717) is 0 Å². The molecule has 0 spiro atoms. The largest absolute Gasteiger partial charge is 0.289 e. The van der Waals surface area contributed by atoms with E-state index in [0.717, 1.165) is 0 Å². The topological polar surface area (TPSA) is 140 Å². The van der Waals surface area contributed by atoms with Crippen LogP contribution < -0.4 is 10.6 Å². The molecule has 8 heteroatoms. The monoisotopic (exact) mass is 246 g/mol. The lowest BCUT2D eigenvalue weighted by atomic mass is 10.6. The van der Waals surface area contributed by atoms with Crippen molar-refractivity contribution in [1.29, 1.82) is 10.5 Å². The maximum Gasteiger partial charge on any atom is 0.250 e. The zero-order valence-corrected chi connectivity index (χ0v) is 8.84. The van der Waals surface area contributed by atoms with Crippen molar-refractivity contribution in [2.24, 2.45) is 0 Å². The third kappa shape index (κ3) is 7.09. The summed E-state index contributed by atoms with van der Waals surface area (Å²) < 4.78 is 0. The van der Waals surface area contributed by atoms with Crippen molar-refractivity contribution >= 4 is 23.6 Å². The fourth-order valence-corrected chi connectivity index (χ4v) is 0.712. The molecule has 0 aromatic carbocycles. The van der Waals surface area contributed by atoms with Gasteiger partial charge >= 0.3 is 0 Å². The van der Waals surface area contributed by atoms with E-state index in [1.165, 1.54) is 36.4 Å². The van der Waals surface area contributed by atoms with Crippen molar-refractivity contribution in [3.63, 3.8) is 0 Å². The lowest BCUT2D eigenvalue weighted by molar-refractivity contribution is -0.125. The molecule has 0 aliphatic carbocycles. The van der Waals surface area contributed by atoms with E-state index >= 15 is 0 Å². The van der Waals surface area contributed by atoms with Crippen LogP contribution in [-0.2, 0) is 19.2 Å². The quantitative estimate of drug-likeness (QED) is 0.495. The highest BCUT2D eigenvalue weighted by Crippen LogP contribution is 1.83. The molecule has 0 atom stereocenters. The van der Waals surface area contributed by atoms with Crippen molar-refractivity contribution in [3.05, 3.63) is 24.3 Å². The molecule has 90 valence electrons. The van der Waals surface area contributed by atoms with E-state index in [2.05, 4.69) is 0 Å². The van der Waals surface area contributed by atoms with Crippen LogP contribution in [0.1, 0.15) is 0 Å². The number of nitrogens with zero attached hydrogens (tertiary/aromatic N) is 2. The Morgan fingerprint density at radius 3 is 0.944 bits per heavy atom. The summed E-state index contributed by atoms with van der Waals surface area (Å²) in [7, 11) is 0. The first-order chi connectivity index (χ1) is 8.49. The Bertz CT molecular complexity index is 439. The van der Waals surface area contributed by atoms with Crippen LogP contribution in [0.4, 0.5) is 0 Å². The Morgan fingerprint density at radius 2 is 0.889 bits per heavy atom. The third-order valence-corrected chi connectivity index (χ3v) is 1.31. The molecule has 0 bridgehead atoms. The van der Waals surface area contributed by atoms with Gasteiger partial charge in [-0.25, -0.2) is 0 Å². The minimum absolute atomic E-state index is 0.329. The number of amides is 4. The highest BCUT2D eigenvalue weighted by atomic mass is 16.2. The first-order valence-electron chi connectivity index (χ1n) is 4.34. The van der Waals surface area contributed by atoms with Crippen LogP contribution in [0, 0.1) is 22.7 Å². The molecule has 4 amide bonds. The lowest BCUT2D eigenvalue weighted by Gasteiger charge is -1.80. The molecule has 2 N–H and O–H groups in total. The van der Waals surface area contributed by atoms with Crippen LogP contribution in [0.25, 0.3) is 0 Å². The molecule has 2 heterocycles. The predicted octanol–water partition coefficient (Wildman–Crippen LogP) is -1.57. The summed E-state index contributed by atoms with van der Waals surface area (Å²) in [6.45, 7) is 0. The average Bonchev–Trinajstić information content (AvgIpc) is 2.88. The van der Waals surface area contributed by atoms with Crippen molar-refractivity contribution in [2.75, 3.05) is 0 Å². The normalized spacial score (nSPS) is 14.3. The fourth-order valence-electron chi connectivity index (χ4n) is 0.712. The summed E-state index contributed by atoms with van der Waals surface area (Å²) in [6, 6.07) is 2.47. The summed E-state index contributed by atoms with van der Waals surface area (Å²) in [4.78, 5) is 40.1. The van der Waals surface area contributed by atoms with E-state index in [-0.39, 0.29) is 23.6 Å². The molecule has 0 aromatic heterocycles. The van der Waals surface area contributed by atoms with Gasteiger partial charge in [-0.05, 0) is 0 Å². The molecule has 0 saturated heterocycles. The van der Waals surface area contributed by atoms with Gasteiger partial charge in [-0.3, -0.25) is 29.8 Å². The molecule has 0 fully saturated rings. The average molecular weight is 246 g/mol. The van der Waals surface area contributed by atoms with E-state index in [9.17, 15) is 19.2 Å². The number of imide groups is 2. The molecule has 2 rings (SSSR count). The maximum atomic E-state index is 10.0. The fraction of sp³-hybridized carbons (Fsp3) is 0. The Balaban J connectivity index is 0.000000253. The van der Waals surface area contributed by atoms with E-state index in [4.69, 9.17) is 10.5 Å². The van der Waals surface area contributed by atoms with Crippen LogP contribution >= 0.6 is 0 Å². The highest BCUT2D eigenvalue weighted by molar-refractivity contribution is 6.13. The summed E-state index contributed by atoms with van der Waals surface area (Å²) in [6.07, 6.45) is 4.79. The predicted molar refractivity (Wildman–Crippen MR) is 55.8 cm³/mol. The smallest absolute Gasteiger partial charge is 0.250 e. The first kappa shape index (κ1) is 14.7. The minimum atomic E-state index is -0.329. The molecule has 2 aliphatic heterocycles. The van der Waals surface area contributed by atoms with Crippen molar-refractivity contribution in [2.45, 2.75) is 0 Å². The van der Waals surface area contributed by atoms with Crippen molar-refractivity contribution < 1.29 is 19.2 Å². The number of carbonyl (C=O) groups is 4. The van der Waals surface area contributed by atoms with Gasteiger partial charge in [-0.2, -0.15) is 10.5 Å². The van der Waals surface area contributed by atoms with Gasteiger partial charge in [0.2, 0.25) is 0 Å². The molecule has 0 radical (unpaired) electrons. The van der Waals surface area contributed by atoms with E-state index in [1.54, 1.807) is 0 Å². The summed E-state index contributed by atoms with van der Waals surface area (Å²) in [5.41, 5.74) is 0. The number of nitrogens with one attached hydrogen (secondary N) is 2. The number of hydrogen-bond acceptors (Lipinski definition) is 6. The van der Waals surface area contributed by atoms with Crippen LogP contribution in [0.3, 0.4) is 0 Å². The highest BCUT2D eigenvalue weighted by Gasteiger charge is 2.07. The van der Waals surface area contributed by atoms with Gasteiger partial charge in [-0.15, -0.1) is 0 Å². The van der Waals surface area contributed by atoms with Crippen LogP contribution in [-0.4, -0.2) is 23.6 Å². The zero-order valence-electron chi connectivity index (χ0n) is 8.84. The second-order valence-electron chi connectivity index (χ2n) is 2.60. The van der Waals surface area contributed by atoms with Gasteiger partial charge in [0.05, 0.1) is 0 Å². The lowest BCUT2D eigenvalue weighted by Crippen LogP contribution is -2.19. The van der Waals surface area contributed by atoms with Crippen LogP contribution in [0.2, 0.25) is 0 Å². The Hall–Kier alpha value is -3.26. The van der Waals surface area contributed by atoms with Gasteiger partial charge in [0, 0.05) is 24.3 Å². The molecule has 2 aliphatic rings. The molecule has 18 heavy (non-hydrogen) atoms. The van der Waals surface area contributed by atoms with Gasteiger partial charge in [-0.1, -0.05) is 0 Å². The summed E-state index contributed by atoms with van der Waals surface area (Å²) in [5.74, 6) is -1.31. The van der Waals surface area contributed by atoms with Gasteiger partial charge < -0.3 is 0 Å². The van der Waals surface area contributed by atoms with Crippen molar-refractivity contribution in [3.8, 4) is 12.1 Å². The van der Waals surface area contributed by atoms with Crippen molar-refractivity contribution in [1.82, 2.24) is 10.6 Å². The van der Waals surface area contributed by atoms with Gasteiger partial charge in [0.1, 0.15) is 0 Å². The first-order valence-corrected chi connectivity index (χ1v) is 4.34. The number of carbonyl (C=O) groups excluding carboxylic acids is 4. The van der Waals surface area contributed by atoms with E-state index < -0.39 is 0 Å². The maximum absolute atomic E-state index is 10.0. The summed E-state index contributed by atoms with van der Waals surface area (Å²) in [5, 5.41) is 18.6. The third-order valence-electron chi connectivity index (χ3n) is 1.31. The molecule has 0 saturated carbocycles. The Kier molecular flexibility index (Phi) is 6.52. The molecular weight excluding hydrogens is 240 g/mol. The molecule has 0 aromatic rings. The Morgan fingerprint density at radius 1 is 0.667 bits per heavy atom. The zero-order chi connectivity index (χ0) is 14.0. The van der Waals surface area contributed by atoms with Gasteiger partial charge in [0.15, 0.2) is 12.1 Å². The van der Waals surface area contributed by atoms with Gasteiger partial charge in [0.25, 0.3) is 23.6 Å². The number of nitriles is 2. The van der Waals surface area contributed by atoms with E-state index in [1.807, 2.05) is 10.6 Å². The molecular formula is C10H6N4O4. The number of rotatable bonds is 0. The SMILES string of the molecule is N#CC#N.O=C1C=CC(=O)N1.O=C1C=CC(=O)N1. The molecule has 0 unspecified atom stereocenters. The standard InChI is InChI=1S/2C4H3NO2.C2N2/c2*6-3-1-2-4(7)5-3;3-1-2-4/h2*1-2H,(H,5,6,7);. The Labute approximate surface area is 101 Å².